The van der Waals surface area contributed by atoms with Crippen molar-refractivity contribution in [1.29, 1.82) is 0 Å². The molecule has 4 rings (SSSR count). The van der Waals surface area contributed by atoms with Crippen LogP contribution in [-0.2, 0) is 11.4 Å². The van der Waals surface area contributed by atoms with Crippen LogP contribution in [0.1, 0.15) is 18.3 Å². The molecule has 0 aliphatic carbocycles. The number of nitrogens with zero attached hydrogens (tertiary/aromatic N) is 2. The van der Waals surface area contributed by atoms with E-state index in [0.717, 1.165) is 5.69 Å². The van der Waals surface area contributed by atoms with Gasteiger partial charge in [-0.3, -0.25) is 14.0 Å². The summed E-state index contributed by atoms with van der Waals surface area (Å²) in [7, 11) is 0. The minimum absolute atomic E-state index is 0.129. The first-order valence-corrected chi connectivity index (χ1v) is 10.6. The zero-order valence-electron chi connectivity index (χ0n) is 17.1. The van der Waals surface area contributed by atoms with Crippen molar-refractivity contribution in [3.05, 3.63) is 87.8 Å². The second-order valence-corrected chi connectivity index (χ2v) is 7.80. The SMILES string of the molecule is Cc1csc2nc(COc3cccc(NC(=O)[C@H](C)Oc4ccccc4)c3)cc(=O)n12. The van der Waals surface area contributed by atoms with Crippen molar-refractivity contribution in [1.82, 2.24) is 9.38 Å². The van der Waals surface area contributed by atoms with E-state index in [2.05, 4.69) is 10.3 Å². The molecule has 31 heavy (non-hydrogen) atoms. The van der Waals surface area contributed by atoms with Gasteiger partial charge in [0.1, 0.15) is 18.1 Å². The number of hydrogen-bond acceptors (Lipinski definition) is 6. The van der Waals surface area contributed by atoms with Crippen LogP contribution in [0.4, 0.5) is 5.69 Å². The lowest BCUT2D eigenvalue weighted by Crippen LogP contribution is -2.30. The van der Waals surface area contributed by atoms with Crippen LogP contribution >= 0.6 is 11.3 Å². The Morgan fingerprint density at radius 1 is 1.13 bits per heavy atom. The largest absolute Gasteiger partial charge is 0.487 e. The molecule has 0 radical (unpaired) electrons. The molecular weight excluding hydrogens is 414 g/mol. The van der Waals surface area contributed by atoms with Crippen LogP contribution in [0.2, 0.25) is 0 Å². The highest BCUT2D eigenvalue weighted by atomic mass is 32.1. The van der Waals surface area contributed by atoms with E-state index in [1.165, 1.54) is 17.4 Å². The van der Waals surface area contributed by atoms with Crippen LogP contribution in [0.25, 0.3) is 4.96 Å². The number of carbonyl (C=O) groups excluding carboxylic acids is 1. The molecule has 8 heteroatoms. The van der Waals surface area contributed by atoms with Gasteiger partial charge in [-0.1, -0.05) is 24.3 Å². The molecule has 2 heterocycles. The monoisotopic (exact) mass is 435 g/mol. The summed E-state index contributed by atoms with van der Waals surface area (Å²) in [4.78, 5) is 29.8. The highest BCUT2D eigenvalue weighted by Gasteiger charge is 2.15. The lowest BCUT2D eigenvalue weighted by Gasteiger charge is -2.15. The molecule has 0 unspecified atom stereocenters. The lowest BCUT2D eigenvalue weighted by molar-refractivity contribution is -0.122. The van der Waals surface area contributed by atoms with Gasteiger partial charge < -0.3 is 14.8 Å². The van der Waals surface area contributed by atoms with Crippen molar-refractivity contribution in [3.8, 4) is 11.5 Å². The topological polar surface area (TPSA) is 81.9 Å². The fourth-order valence-electron chi connectivity index (χ4n) is 3.00. The Bertz CT molecular complexity index is 1270. The zero-order chi connectivity index (χ0) is 21.8. The summed E-state index contributed by atoms with van der Waals surface area (Å²) in [6.45, 7) is 3.71. The number of ether oxygens (including phenoxy) is 2. The second-order valence-electron chi connectivity index (χ2n) is 6.96. The molecule has 7 nitrogen and oxygen atoms in total. The number of aromatic nitrogens is 2. The Kier molecular flexibility index (Phi) is 5.99. The third-order valence-corrected chi connectivity index (χ3v) is 5.49. The molecule has 0 fully saturated rings. The maximum Gasteiger partial charge on any atom is 0.265 e. The first kappa shape index (κ1) is 20.6. The number of carbonyl (C=O) groups is 1. The van der Waals surface area contributed by atoms with Gasteiger partial charge in [0, 0.05) is 28.9 Å². The number of para-hydroxylation sites is 1. The van der Waals surface area contributed by atoms with Crippen LogP contribution in [0.15, 0.2) is 70.8 Å². The summed E-state index contributed by atoms with van der Waals surface area (Å²) in [5, 5.41) is 4.72. The van der Waals surface area contributed by atoms with Gasteiger partial charge in [0.15, 0.2) is 11.1 Å². The van der Waals surface area contributed by atoms with E-state index < -0.39 is 6.10 Å². The van der Waals surface area contributed by atoms with Gasteiger partial charge in [-0.2, -0.15) is 0 Å². The first-order chi connectivity index (χ1) is 15.0. The minimum atomic E-state index is -0.662. The van der Waals surface area contributed by atoms with Crippen LogP contribution in [0.5, 0.6) is 11.5 Å². The molecule has 2 aromatic carbocycles. The van der Waals surface area contributed by atoms with Crippen LogP contribution in [-0.4, -0.2) is 21.4 Å². The van der Waals surface area contributed by atoms with Gasteiger partial charge in [0.2, 0.25) is 0 Å². The molecular formula is C23H21N3O4S. The standard InChI is InChI=1S/C23H21N3O4S/c1-15-14-31-23-25-18(12-21(27)26(15)23)13-29-20-10-6-7-17(11-20)24-22(28)16(2)30-19-8-4-3-5-9-19/h3-12,14,16H,13H2,1-2H3,(H,24,28)/t16-/m0/s1. The van der Waals surface area contributed by atoms with Gasteiger partial charge in [-0.15, -0.1) is 11.3 Å². The van der Waals surface area contributed by atoms with Crippen molar-refractivity contribution in [3.63, 3.8) is 0 Å². The highest BCUT2D eigenvalue weighted by molar-refractivity contribution is 7.15. The Morgan fingerprint density at radius 3 is 2.71 bits per heavy atom. The van der Waals surface area contributed by atoms with E-state index in [0.29, 0.717) is 27.8 Å². The molecule has 1 amide bonds. The van der Waals surface area contributed by atoms with Crippen molar-refractivity contribution >= 4 is 27.9 Å². The maximum atomic E-state index is 12.4. The van der Waals surface area contributed by atoms with Crippen LogP contribution in [0.3, 0.4) is 0 Å². The summed E-state index contributed by atoms with van der Waals surface area (Å²) in [6, 6.07) is 17.7. The third-order valence-electron chi connectivity index (χ3n) is 4.54. The predicted octanol–water partition coefficient (Wildman–Crippen LogP) is 4.05. The smallest absolute Gasteiger partial charge is 0.265 e. The molecule has 1 atom stereocenters. The summed E-state index contributed by atoms with van der Waals surface area (Å²) in [6.07, 6.45) is -0.662. The Hall–Kier alpha value is -3.65. The van der Waals surface area contributed by atoms with Crippen molar-refractivity contribution in [2.45, 2.75) is 26.6 Å². The van der Waals surface area contributed by atoms with Gasteiger partial charge >= 0.3 is 0 Å². The number of amides is 1. The normalized spacial score (nSPS) is 11.8. The zero-order valence-corrected chi connectivity index (χ0v) is 17.9. The molecule has 0 bridgehead atoms. The molecule has 158 valence electrons. The third kappa shape index (κ3) is 4.92. The van der Waals surface area contributed by atoms with Crippen molar-refractivity contribution < 1.29 is 14.3 Å². The summed E-state index contributed by atoms with van der Waals surface area (Å²) in [5.41, 5.74) is 1.86. The Labute approximate surface area is 182 Å². The summed E-state index contributed by atoms with van der Waals surface area (Å²) < 4.78 is 13.0. The molecule has 4 aromatic rings. The van der Waals surface area contributed by atoms with E-state index in [1.54, 1.807) is 47.7 Å². The minimum Gasteiger partial charge on any atom is -0.487 e. The second kappa shape index (κ2) is 9.01. The number of nitrogens with one attached hydrogen (secondary N) is 1. The quantitative estimate of drug-likeness (QED) is 0.474. The van der Waals surface area contributed by atoms with E-state index in [4.69, 9.17) is 9.47 Å². The van der Waals surface area contributed by atoms with Crippen LogP contribution in [0, 0.1) is 6.92 Å². The number of thiazole rings is 1. The van der Waals surface area contributed by atoms with Gasteiger partial charge in [0.05, 0.1) is 5.69 Å². The molecule has 0 aliphatic heterocycles. The summed E-state index contributed by atoms with van der Waals surface area (Å²) in [5.74, 6) is 0.913. The van der Waals surface area contributed by atoms with E-state index in [1.807, 2.05) is 30.5 Å². The first-order valence-electron chi connectivity index (χ1n) is 9.72. The molecule has 0 saturated carbocycles. The number of aryl methyl sites for hydroxylation is 1. The number of benzene rings is 2. The Morgan fingerprint density at radius 2 is 1.90 bits per heavy atom. The summed E-state index contributed by atoms with van der Waals surface area (Å²) >= 11 is 1.41. The average molecular weight is 436 g/mol. The highest BCUT2D eigenvalue weighted by Crippen LogP contribution is 2.20. The van der Waals surface area contributed by atoms with Crippen LogP contribution < -0.4 is 20.3 Å². The fourth-order valence-corrected chi connectivity index (χ4v) is 3.89. The molecule has 1 N–H and O–H groups in total. The van der Waals surface area contributed by atoms with Gasteiger partial charge in [0.25, 0.3) is 11.5 Å². The number of hydrogen-bond donors (Lipinski definition) is 1. The number of fused-ring (bicyclic) bond motifs is 1. The lowest BCUT2D eigenvalue weighted by atomic mass is 10.2. The fraction of sp³-hybridized carbons (Fsp3) is 0.174. The van der Waals surface area contributed by atoms with E-state index >= 15 is 0 Å². The van der Waals surface area contributed by atoms with E-state index in [-0.39, 0.29) is 18.1 Å². The molecule has 0 spiro atoms. The van der Waals surface area contributed by atoms with E-state index in [9.17, 15) is 9.59 Å². The number of anilines is 1. The maximum absolute atomic E-state index is 12.4. The molecule has 2 aromatic heterocycles. The van der Waals surface area contributed by atoms with Gasteiger partial charge in [-0.25, -0.2) is 4.98 Å². The number of rotatable bonds is 7. The van der Waals surface area contributed by atoms with Gasteiger partial charge in [-0.05, 0) is 38.1 Å². The Balaban J connectivity index is 1.39. The molecule has 0 aliphatic rings. The molecule has 0 saturated heterocycles. The van der Waals surface area contributed by atoms with Crippen molar-refractivity contribution in [2.24, 2.45) is 0 Å². The average Bonchev–Trinajstić information content (AvgIpc) is 3.14. The predicted molar refractivity (Wildman–Crippen MR) is 120 cm³/mol. The van der Waals surface area contributed by atoms with Crippen molar-refractivity contribution in [2.75, 3.05) is 5.32 Å².